The lowest BCUT2D eigenvalue weighted by Gasteiger charge is -2.42. The summed E-state index contributed by atoms with van der Waals surface area (Å²) in [6.07, 6.45) is 8.05. The number of fused-ring (bicyclic) bond motifs is 2. The Labute approximate surface area is 115 Å². The van der Waals surface area contributed by atoms with Crippen molar-refractivity contribution in [2.45, 2.75) is 37.3 Å². The van der Waals surface area contributed by atoms with Crippen LogP contribution in [0.5, 0.6) is 0 Å². The monoisotopic (exact) mass is 257 g/mol. The van der Waals surface area contributed by atoms with Crippen LogP contribution in [-0.2, 0) is 0 Å². The van der Waals surface area contributed by atoms with Gasteiger partial charge in [-0.05, 0) is 43.7 Å². The van der Waals surface area contributed by atoms with Gasteiger partial charge in [0.1, 0.15) is 0 Å². The molecule has 0 saturated carbocycles. The van der Waals surface area contributed by atoms with Crippen LogP contribution in [-0.4, -0.2) is 35.7 Å². The molecule has 0 radical (unpaired) electrons. The number of nitrogens with zero attached hydrogens (tertiary/aromatic N) is 1. The van der Waals surface area contributed by atoms with E-state index in [9.17, 15) is 0 Å². The predicted octanol–water partition coefficient (Wildman–Crippen LogP) is 2.80. The molecule has 2 heterocycles. The van der Waals surface area contributed by atoms with Gasteiger partial charge in [-0.3, -0.25) is 4.90 Å². The minimum atomic E-state index is 0.151. The summed E-state index contributed by atoms with van der Waals surface area (Å²) in [6, 6.07) is 12.3. The van der Waals surface area contributed by atoms with E-state index >= 15 is 0 Å². The maximum Gasteiger partial charge on any atom is 0.0612 e. The Hall–Kier alpha value is -1.12. The van der Waals surface area contributed by atoms with Gasteiger partial charge < -0.3 is 5.11 Å². The van der Waals surface area contributed by atoms with E-state index in [1.54, 1.807) is 0 Å². The number of hydrogen-bond acceptors (Lipinski definition) is 2. The van der Waals surface area contributed by atoms with Crippen molar-refractivity contribution in [3.63, 3.8) is 0 Å². The SMILES string of the molecule is CN1C2CC[C@@H]1C[C@H](c1ccccc1)C2/C=C/CO. The van der Waals surface area contributed by atoms with Gasteiger partial charge in [-0.1, -0.05) is 42.5 Å². The number of rotatable bonds is 3. The topological polar surface area (TPSA) is 23.5 Å². The van der Waals surface area contributed by atoms with Gasteiger partial charge in [0.05, 0.1) is 6.61 Å². The molecule has 2 aliphatic heterocycles. The van der Waals surface area contributed by atoms with Gasteiger partial charge in [-0.25, -0.2) is 0 Å². The maximum atomic E-state index is 9.09. The van der Waals surface area contributed by atoms with Crippen molar-refractivity contribution >= 4 is 0 Å². The number of benzene rings is 1. The van der Waals surface area contributed by atoms with E-state index in [0.29, 0.717) is 17.9 Å². The van der Waals surface area contributed by atoms with E-state index in [1.165, 1.54) is 24.8 Å². The summed E-state index contributed by atoms with van der Waals surface area (Å²) >= 11 is 0. The van der Waals surface area contributed by atoms with Crippen molar-refractivity contribution in [3.8, 4) is 0 Å². The maximum absolute atomic E-state index is 9.09. The molecule has 3 rings (SSSR count). The molecule has 0 amide bonds. The Balaban J connectivity index is 1.91. The molecule has 0 aromatic heterocycles. The summed E-state index contributed by atoms with van der Waals surface area (Å²) in [7, 11) is 2.27. The van der Waals surface area contributed by atoms with E-state index < -0.39 is 0 Å². The average molecular weight is 257 g/mol. The minimum absolute atomic E-state index is 0.151. The zero-order valence-corrected chi connectivity index (χ0v) is 11.6. The summed E-state index contributed by atoms with van der Waals surface area (Å²) in [5.74, 6) is 1.15. The van der Waals surface area contributed by atoms with Crippen LogP contribution in [0.25, 0.3) is 0 Å². The highest BCUT2D eigenvalue weighted by atomic mass is 16.2. The Kier molecular flexibility index (Phi) is 3.72. The molecule has 2 aliphatic rings. The fourth-order valence-corrected chi connectivity index (χ4v) is 4.05. The standard InChI is InChI=1S/C17H23NO/c1-18-14-9-10-17(18)15(8-5-11-19)16(12-14)13-6-3-2-4-7-13/h2-8,14-17,19H,9-12H2,1H3/b8-5+/t14-,15?,16-,17?/m1/s1. The Morgan fingerprint density at radius 3 is 2.79 bits per heavy atom. The third-order valence-electron chi connectivity index (χ3n) is 5.02. The number of aliphatic hydroxyl groups is 1. The van der Waals surface area contributed by atoms with Gasteiger partial charge in [-0.2, -0.15) is 0 Å². The van der Waals surface area contributed by atoms with Crippen molar-refractivity contribution in [1.82, 2.24) is 4.90 Å². The first kappa shape index (κ1) is 12.9. The zero-order valence-electron chi connectivity index (χ0n) is 11.6. The third-order valence-corrected chi connectivity index (χ3v) is 5.02. The highest BCUT2D eigenvalue weighted by Crippen LogP contribution is 2.46. The smallest absolute Gasteiger partial charge is 0.0612 e. The quantitative estimate of drug-likeness (QED) is 0.842. The zero-order chi connectivity index (χ0) is 13.2. The van der Waals surface area contributed by atoms with Crippen LogP contribution >= 0.6 is 0 Å². The van der Waals surface area contributed by atoms with Gasteiger partial charge in [-0.15, -0.1) is 0 Å². The summed E-state index contributed by atoms with van der Waals surface area (Å²) in [5, 5.41) is 9.09. The van der Waals surface area contributed by atoms with Crippen LogP contribution in [0.15, 0.2) is 42.5 Å². The Bertz CT molecular complexity index is 442. The molecule has 1 aromatic carbocycles. The van der Waals surface area contributed by atoms with Crippen LogP contribution in [0.3, 0.4) is 0 Å². The fraction of sp³-hybridized carbons (Fsp3) is 0.529. The molecule has 102 valence electrons. The van der Waals surface area contributed by atoms with Crippen LogP contribution in [0.1, 0.15) is 30.7 Å². The van der Waals surface area contributed by atoms with Crippen molar-refractivity contribution in [2.75, 3.05) is 13.7 Å². The summed E-state index contributed by atoms with van der Waals surface area (Å²) < 4.78 is 0. The molecule has 2 nitrogen and oxygen atoms in total. The molecule has 0 aliphatic carbocycles. The second kappa shape index (κ2) is 5.48. The number of piperidine rings is 1. The van der Waals surface area contributed by atoms with Gasteiger partial charge >= 0.3 is 0 Å². The summed E-state index contributed by atoms with van der Waals surface area (Å²) in [5.41, 5.74) is 1.46. The molecule has 1 aromatic rings. The van der Waals surface area contributed by atoms with E-state index in [4.69, 9.17) is 5.11 Å². The highest BCUT2D eigenvalue weighted by Gasteiger charge is 2.44. The number of hydrogen-bond donors (Lipinski definition) is 1. The van der Waals surface area contributed by atoms with E-state index in [2.05, 4.69) is 48.4 Å². The molecular formula is C17H23NO. The molecule has 1 N–H and O–H groups in total. The molecule has 4 atom stereocenters. The minimum Gasteiger partial charge on any atom is -0.392 e. The molecule has 19 heavy (non-hydrogen) atoms. The molecule has 2 bridgehead atoms. The summed E-state index contributed by atoms with van der Waals surface area (Å²) in [6.45, 7) is 0.151. The van der Waals surface area contributed by atoms with Crippen molar-refractivity contribution in [2.24, 2.45) is 5.92 Å². The molecule has 2 heteroatoms. The molecular weight excluding hydrogens is 234 g/mol. The van der Waals surface area contributed by atoms with E-state index in [-0.39, 0.29) is 6.61 Å². The van der Waals surface area contributed by atoms with Gasteiger partial charge in [0.25, 0.3) is 0 Å². The lowest BCUT2D eigenvalue weighted by atomic mass is 9.76. The highest BCUT2D eigenvalue weighted by molar-refractivity contribution is 5.25. The van der Waals surface area contributed by atoms with Crippen molar-refractivity contribution in [3.05, 3.63) is 48.0 Å². The fourth-order valence-electron chi connectivity index (χ4n) is 4.05. The first-order valence-electron chi connectivity index (χ1n) is 7.35. The molecule has 2 saturated heterocycles. The summed E-state index contributed by atoms with van der Waals surface area (Å²) in [4.78, 5) is 2.56. The van der Waals surface area contributed by atoms with Crippen molar-refractivity contribution in [1.29, 1.82) is 0 Å². The molecule has 2 fully saturated rings. The lowest BCUT2D eigenvalue weighted by Crippen LogP contribution is -2.45. The first-order chi connectivity index (χ1) is 9.31. The van der Waals surface area contributed by atoms with Crippen LogP contribution in [0.2, 0.25) is 0 Å². The molecule has 0 spiro atoms. The van der Waals surface area contributed by atoms with Crippen LogP contribution in [0, 0.1) is 5.92 Å². The van der Waals surface area contributed by atoms with Gasteiger partial charge in [0.15, 0.2) is 0 Å². The van der Waals surface area contributed by atoms with Gasteiger partial charge in [0, 0.05) is 12.1 Å². The van der Waals surface area contributed by atoms with Crippen molar-refractivity contribution < 1.29 is 5.11 Å². The Morgan fingerprint density at radius 2 is 2.05 bits per heavy atom. The third kappa shape index (κ3) is 2.35. The average Bonchev–Trinajstić information content (AvgIpc) is 2.70. The predicted molar refractivity (Wildman–Crippen MR) is 78.1 cm³/mol. The second-order valence-electron chi connectivity index (χ2n) is 5.90. The first-order valence-corrected chi connectivity index (χ1v) is 7.35. The largest absolute Gasteiger partial charge is 0.392 e. The number of aliphatic hydroxyl groups excluding tert-OH is 1. The normalized spacial score (nSPS) is 35.1. The molecule has 2 unspecified atom stereocenters. The Morgan fingerprint density at radius 1 is 1.26 bits per heavy atom. The van der Waals surface area contributed by atoms with Crippen LogP contribution in [0.4, 0.5) is 0 Å². The lowest BCUT2D eigenvalue weighted by molar-refractivity contribution is 0.123. The van der Waals surface area contributed by atoms with Gasteiger partial charge in [0.2, 0.25) is 0 Å². The second-order valence-corrected chi connectivity index (χ2v) is 5.90. The van der Waals surface area contributed by atoms with E-state index in [1.807, 2.05) is 6.08 Å². The van der Waals surface area contributed by atoms with E-state index in [0.717, 1.165) is 6.04 Å². The van der Waals surface area contributed by atoms with Crippen LogP contribution < -0.4 is 0 Å².